The number of anilines is 2. The molecule has 0 unspecified atom stereocenters. The van der Waals surface area contributed by atoms with Gasteiger partial charge in [0.25, 0.3) is 0 Å². The van der Waals surface area contributed by atoms with Gasteiger partial charge in [0.15, 0.2) is 0 Å². The fraction of sp³-hybridized carbons (Fsp3) is 0.438. The van der Waals surface area contributed by atoms with Gasteiger partial charge in [-0.2, -0.15) is 0 Å². The first kappa shape index (κ1) is 16.8. The molecule has 0 radical (unpaired) electrons. The van der Waals surface area contributed by atoms with E-state index in [1.54, 1.807) is 19.1 Å². The number of aryl methyl sites for hydroxylation is 1. The Morgan fingerprint density at radius 2 is 2.09 bits per heavy atom. The van der Waals surface area contributed by atoms with Gasteiger partial charge in [0, 0.05) is 24.3 Å². The van der Waals surface area contributed by atoms with Crippen molar-refractivity contribution in [2.45, 2.75) is 39.2 Å². The Bertz CT molecular complexity index is 615. The highest BCUT2D eigenvalue weighted by molar-refractivity contribution is 5.96. The Morgan fingerprint density at radius 3 is 2.78 bits per heavy atom. The Morgan fingerprint density at radius 1 is 1.30 bits per heavy atom. The highest BCUT2D eigenvalue weighted by atomic mass is 16.2. The van der Waals surface area contributed by atoms with E-state index in [0.29, 0.717) is 30.8 Å². The number of piperidine rings is 1. The average Bonchev–Trinajstić information content (AvgIpc) is 2.52. The monoisotopic (exact) mass is 318 g/mol. The second-order valence-corrected chi connectivity index (χ2v) is 5.52. The van der Waals surface area contributed by atoms with Gasteiger partial charge in [-0.05, 0) is 37.5 Å². The molecule has 0 saturated carbocycles. The van der Waals surface area contributed by atoms with Crippen LogP contribution < -0.4 is 21.3 Å². The quantitative estimate of drug-likeness (QED) is 0.680. The number of nitrogens with one attached hydrogen (secondary N) is 4. The van der Waals surface area contributed by atoms with Gasteiger partial charge in [0.05, 0.1) is 0 Å². The predicted molar refractivity (Wildman–Crippen MR) is 88.3 cm³/mol. The molecule has 1 heterocycles. The molecule has 1 atom stereocenters. The Hall–Kier alpha value is -2.57. The lowest BCUT2D eigenvalue weighted by Gasteiger charge is -2.23. The van der Waals surface area contributed by atoms with E-state index in [1.165, 1.54) is 0 Å². The summed E-state index contributed by atoms with van der Waals surface area (Å²) < 4.78 is 0. The number of hydrogen-bond acceptors (Lipinski definition) is 3. The molecule has 1 aliphatic heterocycles. The maximum atomic E-state index is 12.1. The van der Waals surface area contributed by atoms with Crippen LogP contribution in [0.5, 0.6) is 0 Å². The minimum Gasteiger partial charge on any atom is -0.354 e. The van der Waals surface area contributed by atoms with Crippen molar-refractivity contribution in [1.82, 2.24) is 10.6 Å². The van der Waals surface area contributed by atoms with Crippen LogP contribution in [0, 0.1) is 6.92 Å². The summed E-state index contributed by atoms with van der Waals surface area (Å²) in [7, 11) is 0. The van der Waals surface area contributed by atoms with E-state index >= 15 is 0 Å². The van der Waals surface area contributed by atoms with Crippen molar-refractivity contribution in [2.24, 2.45) is 0 Å². The summed E-state index contributed by atoms with van der Waals surface area (Å²) in [5, 5.41) is 10.9. The van der Waals surface area contributed by atoms with Gasteiger partial charge in [-0.3, -0.25) is 9.59 Å². The number of carbonyl (C=O) groups excluding carboxylic acids is 3. The molecule has 7 nitrogen and oxygen atoms in total. The van der Waals surface area contributed by atoms with Gasteiger partial charge in [-0.25, -0.2) is 4.79 Å². The normalized spacial score (nSPS) is 17.1. The van der Waals surface area contributed by atoms with Crippen molar-refractivity contribution < 1.29 is 14.4 Å². The Balaban J connectivity index is 2.00. The zero-order valence-corrected chi connectivity index (χ0v) is 13.4. The van der Waals surface area contributed by atoms with Crippen LogP contribution >= 0.6 is 0 Å². The second-order valence-electron chi connectivity index (χ2n) is 5.52. The highest BCUT2D eigenvalue weighted by Crippen LogP contribution is 2.20. The molecule has 1 fully saturated rings. The van der Waals surface area contributed by atoms with Crippen molar-refractivity contribution in [2.75, 3.05) is 17.2 Å². The van der Waals surface area contributed by atoms with E-state index in [-0.39, 0.29) is 11.8 Å². The summed E-state index contributed by atoms with van der Waals surface area (Å²) in [6.07, 6.45) is 1.85. The molecule has 1 aromatic carbocycles. The van der Waals surface area contributed by atoms with Gasteiger partial charge < -0.3 is 21.3 Å². The number of benzene rings is 1. The van der Waals surface area contributed by atoms with E-state index in [1.807, 2.05) is 13.0 Å². The van der Waals surface area contributed by atoms with Crippen LogP contribution in [0.15, 0.2) is 18.2 Å². The molecule has 1 aromatic rings. The molecule has 4 N–H and O–H groups in total. The maximum Gasteiger partial charge on any atom is 0.319 e. The van der Waals surface area contributed by atoms with Crippen LogP contribution in [0.25, 0.3) is 0 Å². The van der Waals surface area contributed by atoms with Crippen LogP contribution in [0.3, 0.4) is 0 Å². The Labute approximate surface area is 135 Å². The van der Waals surface area contributed by atoms with Crippen molar-refractivity contribution >= 4 is 29.2 Å². The lowest BCUT2D eigenvalue weighted by molar-refractivity contribution is -0.124. The third-order valence-corrected chi connectivity index (χ3v) is 3.68. The molecule has 0 aromatic heterocycles. The molecular weight excluding hydrogens is 296 g/mol. The van der Waals surface area contributed by atoms with E-state index in [2.05, 4.69) is 21.3 Å². The molecule has 1 saturated heterocycles. The molecule has 4 amide bonds. The topological polar surface area (TPSA) is 99.3 Å². The molecule has 0 bridgehead atoms. The minimum atomic E-state index is -0.507. The highest BCUT2D eigenvalue weighted by Gasteiger charge is 2.23. The number of hydrogen-bond donors (Lipinski definition) is 4. The zero-order chi connectivity index (χ0) is 16.8. The minimum absolute atomic E-state index is 0.0943. The predicted octanol–water partition coefficient (Wildman–Crippen LogP) is 1.74. The van der Waals surface area contributed by atoms with Crippen molar-refractivity contribution in [1.29, 1.82) is 0 Å². The number of carbonyl (C=O) groups is 3. The summed E-state index contributed by atoms with van der Waals surface area (Å²) in [6, 6.07) is 4.35. The fourth-order valence-corrected chi connectivity index (χ4v) is 2.31. The van der Waals surface area contributed by atoms with Crippen molar-refractivity contribution in [3.8, 4) is 0 Å². The third kappa shape index (κ3) is 4.70. The smallest absolute Gasteiger partial charge is 0.319 e. The number of urea groups is 1. The van der Waals surface area contributed by atoms with E-state index in [4.69, 9.17) is 0 Å². The van der Waals surface area contributed by atoms with Gasteiger partial charge in [-0.15, -0.1) is 0 Å². The Kier molecular flexibility index (Phi) is 5.56. The molecule has 1 aliphatic rings. The molecular formula is C16H22N4O3. The first-order valence-corrected chi connectivity index (χ1v) is 7.75. The lowest BCUT2D eigenvalue weighted by Crippen LogP contribution is -2.51. The summed E-state index contributed by atoms with van der Waals surface area (Å²) in [5.41, 5.74) is 2.07. The first-order valence-electron chi connectivity index (χ1n) is 7.75. The fourth-order valence-electron chi connectivity index (χ4n) is 2.31. The van der Waals surface area contributed by atoms with Crippen molar-refractivity contribution in [3.05, 3.63) is 23.8 Å². The number of amides is 4. The molecule has 7 heteroatoms. The average molecular weight is 318 g/mol. The van der Waals surface area contributed by atoms with Crippen LogP contribution in [0.2, 0.25) is 0 Å². The lowest BCUT2D eigenvalue weighted by atomic mass is 10.1. The summed E-state index contributed by atoms with van der Waals surface area (Å²) in [5.74, 6) is -0.254. The summed E-state index contributed by atoms with van der Waals surface area (Å²) in [6.45, 7) is 4.27. The molecule has 23 heavy (non-hydrogen) atoms. The van der Waals surface area contributed by atoms with Crippen LogP contribution in [0.1, 0.15) is 31.7 Å². The van der Waals surface area contributed by atoms with E-state index in [0.717, 1.165) is 12.0 Å². The largest absolute Gasteiger partial charge is 0.354 e. The van der Waals surface area contributed by atoms with Crippen LogP contribution in [-0.4, -0.2) is 30.4 Å². The van der Waals surface area contributed by atoms with Gasteiger partial charge in [0.2, 0.25) is 11.8 Å². The number of rotatable bonds is 4. The molecule has 0 aliphatic carbocycles. The summed E-state index contributed by atoms with van der Waals surface area (Å²) >= 11 is 0. The SMILES string of the molecule is CCC(=O)Nc1ccc(C)c(NC(=O)N[C@H]2CCCNC2=O)c1. The molecule has 0 spiro atoms. The maximum absolute atomic E-state index is 12.1. The van der Waals surface area contributed by atoms with E-state index < -0.39 is 12.1 Å². The first-order chi connectivity index (χ1) is 11.0. The molecule has 2 rings (SSSR count). The molecule has 124 valence electrons. The third-order valence-electron chi connectivity index (χ3n) is 3.68. The second kappa shape index (κ2) is 7.62. The van der Waals surface area contributed by atoms with Crippen LogP contribution in [0.4, 0.5) is 16.2 Å². The van der Waals surface area contributed by atoms with Crippen LogP contribution in [-0.2, 0) is 9.59 Å². The summed E-state index contributed by atoms with van der Waals surface area (Å²) in [4.78, 5) is 35.2. The van der Waals surface area contributed by atoms with Gasteiger partial charge in [-0.1, -0.05) is 13.0 Å². The van der Waals surface area contributed by atoms with Gasteiger partial charge >= 0.3 is 6.03 Å². The van der Waals surface area contributed by atoms with Gasteiger partial charge in [0.1, 0.15) is 6.04 Å². The van der Waals surface area contributed by atoms with Crippen molar-refractivity contribution in [3.63, 3.8) is 0 Å². The standard InChI is InChI=1S/C16H22N4O3/c1-3-14(21)18-11-7-6-10(2)13(9-11)20-16(23)19-12-5-4-8-17-15(12)22/h6-7,9,12H,3-5,8H2,1-2H3,(H,17,22)(H,18,21)(H2,19,20,23)/t12-/m0/s1. The zero-order valence-electron chi connectivity index (χ0n) is 13.4. The van der Waals surface area contributed by atoms with E-state index in [9.17, 15) is 14.4 Å².